The molecule has 0 fully saturated rings. The molecule has 0 aliphatic rings. The summed E-state index contributed by atoms with van der Waals surface area (Å²) in [6.45, 7) is 4.13. The molecule has 5 aromatic rings. The second kappa shape index (κ2) is 11.5. The van der Waals surface area contributed by atoms with Gasteiger partial charge in [-0.3, -0.25) is 0 Å². The zero-order chi connectivity index (χ0) is 29.1. The Labute approximate surface area is 238 Å². The number of aromatic carboxylic acids is 1. The second-order valence-corrected chi connectivity index (χ2v) is 10.6. The maximum Gasteiger partial charge on any atom is 0.335 e. The van der Waals surface area contributed by atoms with Gasteiger partial charge < -0.3 is 24.3 Å². The van der Waals surface area contributed by atoms with Crippen LogP contribution in [0.15, 0.2) is 91.0 Å². The predicted molar refractivity (Wildman–Crippen MR) is 157 cm³/mol. The number of hydrogen-bond acceptors (Lipinski definition) is 4. The van der Waals surface area contributed by atoms with Gasteiger partial charge in [0.2, 0.25) is 0 Å². The predicted octanol–water partition coefficient (Wildman–Crippen LogP) is 6.92. The molecule has 5 rings (SSSR count). The van der Waals surface area contributed by atoms with Crippen LogP contribution in [0, 0.1) is 5.82 Å². The minimum atomic E-state index is -0.989. The van der Waals surface area contributed by atoms with Gasteiger partial charge in [0.1, 0.15) is 12.4 Å². The molecule has 41 heavy (non-hydrogen) atoms. The second-order valence-electron chi connectivity index (χ2n) is 10.6. The monoisotopic (exact) mass is 553 g/mol. The van der Waals surface area contributed by atoms with Crippen molar-refractivity contribution in [2.24, 2.45) is 0 Å². The van der Waals surface area contributed by atoms with E-state index in [1.165, 1.54) is 13.2 Å². The minimum Gasteiger partial charge on any atom is -0.494 e. The van der Waals surface area contributed by atoms with Gasteiger partial charge in [-0.2, -0.15) is 0 Å². The van der Waals surface area contributed by atoms with E-state index in [4.69, 9.17) is 9.47 Å². The van der Waals surface area contributed by atoms with Crippen molar-refractivity contribution in [2.45, 2.75) is 32.3 Å². The molecule has 0 amide bonds. The van der Waals surface area contributed by atoms with Crippen LogP contribution >= 0.6 is 0 Å². The first-order chi connectivity index (χ1) is 19.7. The number of aromatic nitrogens is 1. The number of aliphatic hydroxyl groups excluding tert-OH is 1. The molecule has 0 spiro atoms. The van der Waals surface area contributed by atoms with Gasteiger partial charge in [-0.25, -0.2) is 9.18 Å². The third kappa shape index (κ3) is 5.54. The van der Waals surface area contributed by atoms with Gasteiger partial charge in [0.25, 0.3) is 0 Å². The first-order valence-electron chi connectivity index (χ1n) is 13.3. The fourth-order valence-corrected chi connectivity index (χ4v) is 5.22. The van der Waals surface area contributed by atoms with Crippen LogP contribution in [0.5, 0.6) is 11.5 Å². The van der Waals surface area contributed by atoms with Crippen molar-refractivity contribution in [2.75, 3.05) is 13.7 Å². The smallest absolute Gasteiger partial charge is 0.335 e. The van der Waals surface area contributed by atoms with Crippen LogP contribution in [0.4, 0.5) is 4.39 Å². The molecule has 4 aromatic carbocycles. The fourth-order valence-electron chi connectivity index (χ4n) is 5.22. The first kappa shape index (κ1) is 27.9. The van der Waals surface area contributed by atoms with Crippen molar-refractivity contribution in [1.82, 2.24) is 4.57 Å². The Bertz CT molecular complexity index is 1690. The number of ether oxygens (including phenoxy) is 2. The summed E-state index contributed by atoms with van der Waals surface area (Å²) in [4.78, 5) is 11.5. The maximum atomic E-state index is 14.5. The highest BCUT2D eigenvalue weighted by molar-refractivity contribution is 5.94. The lowest BCUT2D eigenvalue weighted by Gasteiger charge is -2.27. The number of rotatable bonds is 10. The Morgan fingerprint density at radius 3 is 2.29 bits per heavy atom. The van der Waals surface area contributed by atoms with Crippen molar-refractivity contribution in [3.05, 3.63) is 125 Å². The van der Waals surface area contributed by atoms with Gasteiger partial charge in [-0.05, 0) is 53.1 Å². The molecule has 0 saturated carbocycles. The third-order valence-electron chi connectivity index (χ3n) is 7.30. The van der Waals surface area contributed by atoms with Crippen LogP contribution in [0.2, 0.25) is 0 Å². The topological polar surface area (TPSA) is 80.9 Å². The Hall–Kier alpha value is -4.62. The highest BCUT2D eigenvalue weighted by atomic mass is 19.1. The first-order valence-corrected chi connectivity index (χ1v) is 13.3. The van der Waals surface area contributed by atoms with E-state index in [9.17, 15) is 19.4 Å². The van der Waals surface area contributed by atoms with Crippen molar-refractivity contribution in [3.63, 3.8) is 0 Å². The number of fused-ring (bicyclic) bond motifs is 1. The van der Waals surface area contributed by atoms with Crippen LogP contribution in [-0.4, -0.2) is 34.5 Å². The zero-order valence-corrected chi connectivity index (χ0v) is 23.2. The van der Waals surface area contributed by atoms with Crippen molar-refractivity contribution >= 4 is 16.9 Å². The summed E-state index contributed by atoms with van der Waals surface area (Å²) < 4.78 is 28.2. The number of hydrogen-bond donors (Lipinski definition) is 2. The number of benzene rings is 4. The van der Waals surface area contributed by atoms with Gasteiger partial charge >= 0.3 is 5.97 Å². The fraction of sp³-hybridized carbons (Fsp3) is 0.206. The highest BCUT2D eigenvalue weighted by Gasteiger charge is 2.32. The van der Waals surface area contributed by atoms with Crippen molar-refractivity contribution in [3.8, 4) is 17.2 Å². The molecular formula is C34H32FNO5. The number of halogens is 1. The maximum absolute atomic E-state index is 14.5. The summed E-state index contributed by atoms with van der Waals surface area (Å²) in [6, 6.07) is 27.2. The van der Waals surface area contributed by atoms with E-state index >= 15 is 0 Å². The van der Waals surface area contributed by atoms with E-state index in [-0.39, 0.29) is 17.9 Å². The summed E-state index contributed by atoms with van der Waals surface area (Å²) in [7, 11) is 1.43. The van der Waals surface area contributed by atoms with Crippen LogP contribution in [-0.2, 0) is 18.4 Å². The summed E-state index contributed by atoms with van der Waals surface area (Å²) in [5.41, 5.74) is 4.68. The van der Waals surface area contributed by atoms with Gasteiger partial charge in [0.15, 0.2) is 11.6 Å². The van der Waals surface area contributed by atoms with E-state index in [0.29, 0.717) is 24.5 Å². The molecule has 0 radical (unpaired) electrons. The van der Waals surface area contributed by atoms with Crippen LogP contribution in [0.3, 0.4) is 0 Å². The number of methoxy groups -OCH3 is 1. The lowest BCUT2D eigenvalue weighted by atomic mass is 9.85. The van der Waals surface area contributed by atoms with Crippen molar-refractivity contribution < 1.29 is 28.9 Å². The van der Waals surface area contributed by atoms with E-state index in [1.807, 2.05) is 66.9 Å². The Morgan fingerprint density at radius 2 is 1.63 bits per heavy atom. The summed E-state index contributed by atoms with van der Waals surface area (Å²) in [6.07, 6.45) is 0.451. The Morgan fingerprint density at radius 1 is 0.902 bits per heavy atom. The lowest BCUT2D eigenvalue weighted by molar-refractivity contribution is 0.0697. The average Bonchev–Trinajstić information content (AvgIpc) is 3.32. The zero-order valence-electron chi connectivity index (χ0n) is 23.2. The molecule has 1 heterocycles. The molecule has 0 aliphatic carbocycles. The van der Waals surface area contributed by atoms with Crippen molar-refractivity contribution in [1.29, 1.82) is 0 Å². The summed E-state index contributed by atoms with van der Waals surface area (Å²) in [5, 5.41) is 20.9. The van der Waals surface area contributed by atoms with Crippen LogP contribution < -0.4 is 9.47 Å². The van der Waals surface area contributed by atoms with E-state index < -0.39 is 17.2 Å². The molecule has 0 bridgehead atoms. The van der Waals surface area contributed by atoms with Gasteiger partial charge in [0.05, 0.1) is 24.8 Å². The summed E-state index contributed by atoms with van der Waals surface area (Å²) in [5.74, 6) is -0.677. The number of carbonyl (C=O) groups is 1. The van der Waals surface area contributed by atoms with E-state index in [1.54, 1.807) is 36.4 Å². The molecule has 0 saturated heterocycles. The standard InChI is InChI=1S/C34H32FNO5/c1-34(2,21-37)32-26(18-22-12-14-24(15-13-22)33(38)39)31-28(36(32)25-16-17-27(35)30(19-25)40-3)10-7-11-29(31)41-20-23-8-5-4-6-9-23/h4-17,19,37H,18,20-21H2,1-3H3,(H,38,39). The normalized spacial score (nSPS) is 11.5. The largest absolute Gasteiger partial charge is 0.494 e. The third-order valence-corrected chi connectivity index (χ3v) is 7.30. The highest BCUT2D eigenvalue weighted by Crippen LogP contribution is 2.42. The Balaban J connectivity index is 1.78. The molecule has 6 nitrogen and oxygen atoms in total. The van der Waals surface area contributed by atoms with Crippen LogP contribution in [0.1, 0.15) is 46.6 Å². The molecule has 0 atom stereocenters. The number of carboxylic acid groups (broad SMARTS) is 1. The summed E-state index contributed by atoms with van der Waals surface area (Å²) >= 11 is 0. The van der Waals surface area contributed by atoms with Gasteiger partial charge in [-0.15, -0.1) is 0 Å². The quantitative estimate of drug-likeness (QED) is 0.196. The number of nitrogens with zero attached hydrogens (tertiary/aromatic N) is 1. The average molecular weight is 554 g/mol. The molecule has 0 aliphatic heterocycles. The van der Waals surface area contributed by atoms with Crippen LogP contribution in [0.25, 0.3) is 16.6 Å². The number of carboxylic acids is 1. The van der Waals surface area contributed by atoms with E-state index in [0.717, 1.165) is 33.3 Å². The molecule has 1 aromatic heterocycles. The van der Waals surface area contributed by atoms with Gasteiger partial charge in [-0.1, -0.05) is 62.4 Å². The molecule has 2 N–H and O–H groups in total. The minimum absolute atomic E-state index is 0.111. The molecule has 210 valence electrons. The van der Waals surface area contributed by atoms with Gasteiger partial charge in [0, 0.05) is 34.7 Å². The molecular weight excluding hydrogens is 521 g/mol. The molecule has 7 heteroatoms. The lowest BCUT2D eigenvalue weighted by Crippen LogP contribution is -2.27. The SMILES string of the molecule is COc1cc(-n2c(C(C)(C)CO)c(Cc3ccc(C(=O)O)cc3)c3c(OCc4ccccc4)cccc32)ccc1F. The van der Waals surface area contributed by atoms with E-state index in [2.05, 4.69) is 0 Å². The Kier molecular flexibility index (Phi) is 7.81. The molecule has 0 unspecified atom stereocenters. The number of aliphatic hydroxyl groups is 1.